The molecule has 7 heteroatoms. The Balaban J connectivity index is 2.02. The molecule has 26 heavy (non-hydrogen) atoms. The van der Waals surface area contributed by atoms with Crippen LogP contribution in [0.25, 0.3) is 6.08 Å². The summed E-state index contributed by atoms with van der Waals surface area (Å²) in [6.07, 6.45) is 1.56. The minimum absolute atomic E-state index is 0.150. The number of nitrogens with one attached hydrogen (secondary N) is 1. The van der Waals surface area contributed by atoms with Gasteiger partial charge in [-0.1, -0.05) is 12.1 Å². The molecule has 0 fully saturated rings. The summed E-state index contributed by atoms with van der Waals surface area (Å²) >= 11 is 0. The average Bonchev–Trinajstić information content (AvgIpc) is 3.01. The van der Waals surface area contributed by atoms with Gasteiger partial charge in [0.1, 0.15) is 17.3 Å². The lowest BCUT2D eigenvalue weighted by Crippen LogP contribution is -2.25. The summed E-state index contributed by atoms with van der Waals surface area (Å²) in [6.45, 7) is 0. The van der Waals surface area contributed by atoms with Crippen LogP contribution >= 0.6 is 0 Å². The lowest BCUT2D eigenvalue weighted by Gasteiger charge is -2.12. The van der Waals surface area contributed by atoms with E-state index in [1.807, 2.05) is 0 Å². The third-order valence-electron chi connectivity index (χ3n) is 3.82. The summed E-state index contributed by atoms with van der Waals surface area (Å²) in [5.74, 6) is 0.652. The van der Waals surface area contributed by atoms with Crippen molar-refractivity contribution in [2.45, 2.75) is 0 Å². The molecule has 1 heterocycles. The standard InChI is InChI=1S/C19H17FN2O4/c1-24-15-9-11(10-16(25-2)17(15)26-3)8-14-19(23)22-18(21-14)12-6-4-5-7-13(12)20/h4-10H,1-3H3,(H,21,22,23). The predicted molar refractivity (Wildman–Crippen MR) is 95.2 cm³/mol. The van der Waals surface area contributed by atoms with Crippen molar-refractivity contribution in [1.82, 2.24) is 5.32 Å². The summed E-state index contributed by atoms with van der Waals surface area (Å²) in [7, 11) is 4.52. The molecule has 134 valence electrons. The number of nitrogens with zero attached hydrogens (tertiary/aromatic N) is 1. The van der Waals surface area contributed by atoms with Gasteiger partial charge in [-0.2, -0.15) is 0 Å². The molecule has 1 aliphatic rings. The Labute approximate surface area is 149 Å². The fraction of sp³-hybridized carbons (Fsp3) is 0.158. The monoisotopic (exact) mass is 356 g/mol. The van der Waals surface area contributed by atoms with Gasteiger partial charge in [0.25, 0.3) is 5.91 Å². The minimum atomic E-state index is -0.458. The second kappa shape index (κ2) is 7.26. The smallest absolute Gasteiger partial charge is 0.275 e. The number of carbonyl (C=O) groups excluding carboxylic acids is 1. The van der Waals surface area contributed by atoms with Crippen molar-refractivity contribution in [3.8, 4) is 17.2 Å². The SMILES string of the molecule is COc1cc(C=C2N=C(c3ccccc3F)NC2=O)cc(OC)c1OC. The van der Waals surface area contributed by atoms with Crippen LogP contribution in [0, 0.1) is 5.82 Å². The van der Waals surface area contributed by atoms with Crippen LogP contribution in [0.3, 0.4) is 0 Å². The quantitative estimate of drug-likeness (QED) is 0.837. The van der Waals surface area contributed by atoms with Crippen molar-refractivity contribution in [2.75, 3.05) is 21.3 Å². The van der Waals surface area contributed by atoms with E-state index in [0.717, 1.165) is 0 Å². The lowest BCUT2D eigenvalue weighted by molar-refractivity contribution is -0.115. The third kappa shape index (κ3) is 3.23. The molecule has 1 aliphatic heterocycles. The van der Waals surface area contributed by atoms with Crippen molar-refractivity contribution in [1.29, 1.82) is 0 Å². The molecule has 1 amide bonds. The number of amides is 1. The van der Waals surface area contributed by atoms with Crippen LogP contribution in [0.1, 0.15) is 11.1 Å². The fourth-order valence-corrected chi connectivity index (χ4v) is 2.59. The highest BCUT2D eigenvalue weighted by Crippen LogP contribution is 2.38. The van der Waals surface area contributed by atoms with Gasteiger partial charge in [0.05, 0.1) is 26.9 Å². The predicted octanol–water partition coefficient (Wildman–Crippen LogP) is 2.77. The zero-order valence-electron chi connectivity index (χ0n) is 14.5. The van der Waals surface area contributed by atoms with Gasteiger partial charge in [-0.05, 0) is 35.9 Å². The number of hydrogen-bond acceptors (Lipinski definition) is 5. The molecule has 2 aromatic rings. The van der Waals surface area contributed by atoms with E-state index in [9.17, 15) is 9.18 Å². The van der Waals surface area contributed by atoms with Gasteiger partial charge in [0.15, 0.2) is 11.5 Å². The van der Waals surface area contributed by atoms with E-state index in [1.54, 1.807) is 36.4 Å². The van der Waals surface area contributed by atoms with Gasteiger partial charge in [-0.25, -0.2) is 9.38 Å². The second-order valence-corrected chi connectivity index (χ2v) is 5.38. The number of halogens is 1. The Kier molecular flexibility index (Phi) is 4.88. The molecule has 0 saturated heterocycles. The Morgan fingerprint density at radius 2 is 1.69 bits per heavy atom. The van der Waals surface area contributed by atoms with Crippen LogP contribution in [-0.4, -0.2) is 33.1 Å². The molecule has 0 spiro atoms. The van der Waals surface area contributed by atoms with E-state index in [-0.39, 0.29) is 17.1 Å². The van der Waals surface area contributed by atoms with E-state index >= 15 is 0 Å². The summed E-state index contributed by atoms with van der Waals surface area (Å²) in [5.41, 5.74) is 1.01. The molecule has 0 unspecified atom stereocenters. The summed E-state index contributed by atoms with van der Waals surface area (Å²) < 4.78 is 29.8. The van der Waals surface area contributed by atoms with Crippen molar-refractivity contribution in [3.05, 3.63) is 59.0 Å². The van der Waals surface area contributed by atoms with Crippen LogP contribution in [0.4, 0.5) is 4.39 Å². The molecule has 0 radical (unpaired) electrons. The number of hydrogen-bond donors (Lipinski definition) is 1. The molecule has 2 aromatic carbocycles. The second-order valence-electron chi connectivity index (χ2n) is 5.38. The average molecular weight is 356 g/mol. The van der Waals surface area contributed by atoms with Crippen molar-refractivity contribution in [3.63, 3.8) is 0 Å². The third-order valence-corrected chi connectivity index (χ3v) is 3.82. The normalized spacial score (nSPS) is 14.8. The largest absolute Gasteiger partial charge is 0.493 e. The molecule has 0 aromatic heterocycles. The Morgan fingerprint density at radius 1 is 1.04 bits per heavy atom. The first-order chi connectivity index (χ1) is 12.6. The maximum atomic E-state index is 13.9. The Morgan fingerprint density at radius 3 is 2.27 bits per heavy atom. The number of ether oxygens (including phenoxy) is 3. The van der Waals surface area contributed by atoms with E-state index in [1.165, 1.54) is 27.4 Å². The number of benzene rings is 2. The minimum Gasteiger partial charge on any atom is -0.493 e. The van der Waals surface area contributed by atoms with Crippen molar-refractivity contribution in [2.24, 2.45) is 4.99 Å². The molecule has 0 aliphatic carbocycles. The molecule has 0 atom stereocenters. The zero-order valence-corrected chi connectivity index (χ0v) is 14.5. The van der Waals surface area contributed by atoms with Gasteiger partial charge in [-0.15, -0.1) is 0 Å². The van der Waals surface area contributed by atoms with Crippen LogP contribution < -0.4 is 19.5 Å². The molecule has 6 nitrogen and oxygen atoms in total. The number of aliphatic imine (C=N–C) groups is 1. The van der Waals surface area contributed by atoms with Gasteiger partial charge >= 0.3 is 0 Å². The van der Waals surface area contributed by atoms with Crippen molar-refractivity contribution < 1.29 is 23.4 Å². The van der Waals surface area contributed by atoms with Gasteiger partial charge in [0, 0.05) is 0 Å². The number of amidine groups is 1. The number of rotatable bonds is 5. The first-order valence-electron chi connectivity index (χ1n) is 7.74. The molecular formula is C19H17FN2O4. The molecule has 0 saturated carbocycles. The highest BCUT2D eigenvalue weighted by molar-refractivity contribution is 6.19. The van der Waals surface area contributed by atoms with Crippen LogP contribution in [0.15, 0.2) is 47.1 Å². The summed E-state index contributed by atoms with van der Waals surface area (Å²) in [4.78, 5) is 16.4. The Hall–Kier alpha value is -3.35. The van der Waals surface area contributed by atoms with Crippen LogP contribution in [0.2, 0.25) is 0 Å². The number of methoxy groups -OCH3 is 3. The topological polar surface area (TPSA) is 69.2 Å². The van der Waals surface area contributed by atoms with Crippen LogP contribution in [0.5, 0.6) is 17.2 Å². The van der Waals surface area contributed by atoms with E-state index in [0.29, 0.717) is 22.8 Å². The van der Waals surface area contributed by atoms with Gasteiger partial charge in [0.2, 0.25) is 5.75 Å². The zero-order chi connectivity index (χ0) is 18.7. The van der Waals surface area contributed by atoms with E-state index < -0.39 is 11.7 Å². The first-order valence-corrected chi connectivity index (χ1v) is 7.74. The summed E-state index contributed by atoms with van der Waals surface area (Å²) in [5, 5.41) is 2.58. The van der Waals surface area contributed by atoms with E-state index in [2.05, 4.69) is 10.3 Å². The molecular weight excluding hydrogens is 339 g/mol. The maximum absolute atomic E-state index is 13.9. The molecule has 0 bridgehead atoms. The number of carbonyl (C=O) groups is 1. The van der Waals surface area contributed by atoms with E-state index in [4.69, 9.17) is 14.2 Å². The van der Waals surface area contributed by atoms with Gasteiger partial charge in [-0.3, -0.25) is 4.79 Å². The van der Waals surface area contributed by atoms with Crippen molar-refractivity contribution >= 4 is 17.8 Å². The van der Waals surface area contributed by atoms with Crippen LogP contribution in [-0.2, 0) is 4.79 Å². The molecule has 1 N–H and O–H groups in total. The van der Waals surface area contributed by atoms with Gasteiger partial charge < -0.3 is 19.5 Å². The highest BCUT2D eigenvalue weighted by atomic mass is 19.1. The maximum Gasteiger partial charge on any atom is 0.275 e. The lowest BCUT2D eigenvalue weighted by atomic mass is 10.1. The summed E-state index contributed by atoms with van der Waals surface area (Å²) in [6, 6.07) is 9.50. The fourth-order valence-electron chi connectivity index (χ4n) is 2.59. The molecule has 3 rings (SSSR count). The highest BCUT2D eigenvalue weighted by Gasteiger charge is 2.23. The Bertz CT molecular complexity index is 897. The first kappa shape index (κ1) is 17.5.